The van der Waals surface area contributed by atoms with Gasteiger partial charge in [-0.1, -0.05) is 27.5 Å². The highest BCUT2D eigenvalue weighted by Gasteiger charge is 2.10. The lowest BCUT2D eigenvalue weighted by Crippen LogP contribution is -1.96. The number of hydrogen-bond acceptors (Lipinski definition) is 5. The highest BCUT2D eigenvalue weighted by atomic mass is 79.9. The Hall–Kier alpha value is -2.44. The fourth-order valence-electron chi connectivity index (χ4n) is 2.19. The van der Waals surface area contributed by atoms with Gasteiger partial charge in [-0.15, -0.1) is 0 Å². The van der Waals surface area contributed by atoms with Gasteiger partial charge in [-0.3, -0.25) is 0 Å². The zero-order chi connectivity index (χ0) is 16.5. The van der Waals surface area contributed by atoms with Crippen molar-refractivity contribution >= 4 is 50.3 Å². The third-order valence-corrected chi connectivity index (χ3v) is 4.11. The van der Waals surface area contributed by atoms with E-state index in [9.17, 15) is 0 Å². The fourth-order valence-corrected chi connectivity index (χ4v) is 2.62. The van der Waals surface area contributed by atoms with Crippen LogP contribution in [0.25, 0.3) is 22.6 Å². The predicted molar refractivity (Wildman–Crippen MR) is 97.5 cm³/mol. The molecule has 0 aliphatic carbocycles. The molecule has 0 radical (unpaired) electrons. The number of anilines is 2. The lowest BCUT2D eigenvalue weighted by molar-refractivity contribution is 0.619. The first-order valence-corrected chi connectivity index (χ1v) is 8.25. The van der Waals surface area contributed by atoms with Crippen LogP contribution in [-0.4, -0.2) is 15.0 Å². The first-order chi connectivity index (χ1) is 11.7. The van der Waals surface area contributed by atoms with Crippen molar-refractivity contribution in [3.05, 3.63) is 64.4 Å². The molecule has 1 N–H and O–H groups in total. The van der Waals surface area contributed by atoms with Gasteiger partial charge in [0, 0.05) is 27.6 Å². The van der Waals surface area contributed by atoms with Crippen LogP contribution in [0.3, 0.4) is 0 Å². The van der Waals surface area contributed by atoms with Crippen LogP contribution >= 0.6 is 27.5 Å². The molecule has 2 aromatic carbocycles. The van der Waals surface area contributed by atoms with E-state index in [0.29, 0.717) is 33.5 Å². The number of nitrogens with one attached hydrogen (secondary N) is 1. The molecule has 0 spiro atoms. The number of halogens is 2. The summed E-state index contributed by atoms with van der Waals surface area (Å²) in [4.78, 5) is 13.0. The van der Waals surface area contributed by atoms with Gasteiger partial charge >= 0.3 is 0 Å². The Morgan fingerprint density at radius 1 is 1.00 bits per heavy atom. The molecule has 2 heterocycles. The molecule has 4 rings (SSSR count). The summed E-state index contributed by atoms with van der Waals surface area (Å²) in [5.74, 6) is 0.961. The molecular formula is C17H10BrClN4O. The van der Waals surface area contributed by atoms with Crippen LogP contribution in [0.1, 0.15) is 0 Å². The summed E-state index contributed by atoms with van der Waals surface area (Å²) in [6, 6.07) is 13.1. The monoisotopic (exact) mass is 400 g/mol. The molecule has 24 heavy (non-hydrogen) atoms. The number of rotatable bonds is 3. The maximum atomic E-state index is 5.96. The largest absolute Gasteiger partial charge is 0.436 e. The van der Waals surface area contributed by atoms with Gasteiger partial charge < -0.3 is 9.73 Å². The Labute approximate surface area is 150 Å². The third kappa shape index (κ3) is 3.11. The van der Waals surface area contributed by atoms with Gasteiger partial charge in [0.1, 0.15) is 5.52 Å². The van der Waals surface area contributed by atoms with Crippen LogP contribution < -0.4 is 5.32 Å². The van der Waals surface area contributed by atoms with E-state index in [0.717, 1.165) is 10.2 Å². The highest BCUT2D eigenvalue weighted by Crippen LogP contribution is 2.26. The van der Waals surface area contributed by atoms with Gasteiger partial charge in [0.15, 0.2) is 5.58 Å². The Balaban J connectivity index is 1.59. The van der Waals surface area contributed by atoms with Crippen molar-refractivity contribution in [3.63, 3.8) is 0 Å². The molecule has 0 saturated carbocycles. The maximum absolute atomic E-state index is 5.96. The molecule has 2 aromatic heterocycles. The average molecular weight is 402 g/mol. The van der Waals surface area contributed by atoms with E-state index in [2.05, 4.69) is 36.2 Å². The van der Waals surface area contributed by atoms with Crippen LogP contribution in [0, 0.1) is 0 Å². The van der Waals surface area contributed by atoms with Crippen molar-refractivity contribution in [3.8, 4) is 11.5 Å². The quantitative estimate of drug-likeness (QED) is 0.495. The second-order valence-corrected chi connectivity index (χ2v) is 6.41. The van der Waals surface area contributed by atoms with E-state index in [1.165, 1.54) is 0 Å². The zero-order valence-electron chi connectivity index (χ0n) is 12.2. The molecule has 118 valence electrons. The molecular weight excluding hydrogens is 392 g/mol. The molecule has 0 aliphatic heterocycles. The van der Waals surface area contributed by atoms with Crippen LogP contribution in [-0.2, 0) is 0 Å². The van der Waals surface area contributed by atoms with Gasteiger partial charge in [-0.05, 0) is 42.5 Å². The summed E-state index contributed by atoms with van der Waals surface area (Å²) < 4.78 is 6.72. The molecule has 0 unspecified atom stereocenters. The number of benzene rings is 2. The summed E-state index contributed by atoms with van der Waals surface area (Å²) in [5, 5.41) is 3.75. The smallest absolute Gasteiger partial charge is 0.230 e. The minimum atomic E-state index is 0.461. The van der Waals surface area contributed by atoms with Crippen molar-refractivity contribution in [2.75, 3.05) is 5.32 Å². The topological polar surface area (TPSA) is 63.8 Å². The molecule has 0 saturated heterocycles. The van der Waals surface area contributed by atoms with Crippen LogP contribution in [0.4, 0.5) is 11.6 Å². The molecule has 0 aliphatic rings. The van der Waals surface area contributed by atoms with Crippen LogP contribution in [0.15, 0.2) is 63.7 Å². The summed E-state index contributed by atoms with van der Waals surface area (Å²) in [7, 11) is 0. The molecule has 0 bridgehead atoms. The number of aromatic nitrogens is 3. The lowest BCUT2D eigenvalue weighted by Gasteiger charge is -2.04. The van der Waals surface area contributed by atoms with Gasteiger partial charge in [0.05, 0.1) is 5.56 Å². The summed E-state index contributed by atoms with van der Waals surface area (Å²) in [6.45, 7) is 0. The normalized spacial score (nSPS) is 10.9. The minimum absolute atomic E-state index is 0.461. The first kappa shape index (κ1) is 15.1. The van der Waals surface area contributed by atoms with Crippen molar-refractivity contribution < 1.29 is 4.42 Å². The van der Waals surface area contributed by atoms with E-state index in [1.807, 2.05) is 24.3 Å². The van der Waals surface area contributed by atoms with Crippen molar-refractivity contribution in [2.24, 2.45) is 0 Å². The molecule has 0 amide bonds. The Morgan fingerprint density at radius 3 is 2.50 bits per heavy atom. The van der Waals surface area contributed by atoms with Crippen molar-refractivity contribution in [1.82, 2.24) is 15.0 Å². The standard InChI is InChI=1S/C17H10BrClN4O/c18-11-1-4-13(5-2-11)22-17-20-8-10(9-21-17)16-23-14-7-12(19)3-6-15(14)24-16/h1-9H,(H,20,21,22). The molecule has 7 heteroatoms. The summed E-state index contributed by atoms with van der Waals surface area (Å²) >= 11 is 9.36. The molecule has 4 aromatic rings. The number of fused-ring (bicyclic) bond motifs is 1. The molecule has 5 nitrogen and oxygen atoms in total. The Morgan fingerprint density at radius 2 is 1.75 bits per heavy atom. The van der Waals surface area contributed by atoms with E-state index in [-0.39, 0.29) is 0 Å². The summed E-state index contributed by atoms with van der Waals surface area (Å²) in [5.41, 5.74) is 2.98. The van der Waals surface area contributed by atoms with E-state index >= 15 is 0 Å². The Bertz CT molecular complexity index is 999. The lowest BCUT2D eigenvalue weighted by atomic mass is 10.3. The zero-order valence-corrected chi connectivity index (χ0v) is 14.5. The van der Waals surface area contributed by atoms with E-state index < -0.39 is 0 Å². The van der Waals surface area contributed by atoms with Crippen LogP contribution in [0.5, 0.6) is 0 Å². The van der Waals surface area contributed by atoms with Crippen molar-refractivity contribution in [1.29, 1.82) is 0 Å². The molecule has 0 atom stereocenters. The van der Waals surface area contributed by atoms with E-state index in [1.54, 1.807) is 30.6 Å². The number of hydrogen-bond donors (Lipinski definition) is 1. The molecule has 0 fully saturated rings. The average Bonchev–Trinajstić information content (AvgIpc) is 3.01. The van der Waals surface area contributed by atoms with Gasteiger partial charge in [-0.2, -0.15) is 0 Å². The Kier molecular flexibility index (Phi) is 3.92. The van der Waals surface area contributed by atoms with Gasteiger partial charge in [0.25, 0.3) is 0 Å². The second-order valence-electron chi connectivity index (χ2n) is 5.06. The maximum Gasteiger partial charge on any atom is 0.230 e. The fraction of sp³-hybridized carbons (Fsp3) is 0. The van der Waals surface area contributed by atoms with Crippen molar-refractivity contribution in [2.45, 2.75) is 0 Å². The number of nitrogens with zero attached hydrogens (tertiary/aromatic N) is 3. The van der Waals surface area contributed by atoms with Gasteiger partial charge in [-0.25, -0.2) is 15.0 Å². The predicted octanol–water partition coefficient (Wildman–Crippen LogP) is 5.44. The second kappa shape index (κ2) is 6.22. The van der Waals surface area contributed by atoms with Gasteiger partial charge in [0.2, 0.25) is 11.8 Å². The van der Waals surface area contributed by atoms with Crippen LogP contribution in [0.2, 0.25) is 5.02 Å². The SMILES string of the molecule is Clc1ccc2oc(-c3cnc(Nc4ccc(Br)cc4)nc3)nc2c1. The summed E-state index contributed by atoms with van der Waals surface area (Å²) in [6.07, 6.45) is 3.33. The number of oxazole rings is 1. The highest BCUT2D eigenvalue weighted by molar-refractivity contribution is 9.10. The van der Waals surface area contributed by atoms with E-state index in [4.69, 9.17) is 16.0 Å². The third-order valence-electron chi connectivity index (χ3n) is 3.35. The first-order valence-electron chi connectivity index (χ1n) is 7.08. The minimum Gasteiger partial charge on any atom is -0.436 e.